The van der Waals surface area contributed by atoms with Crippen LogP contribution in [-0.4, -0.2) is 60.4 Å². The SMILES string of the molecule is Cc1ccccc1CN1CCN(C(=O)C2CC(F)(F)CN2)CC1. The molecule has 4 nitrogen and oxygen atoms in total. The maximum atomic E-state index is 13.2. The van der Waals surface area contributed by atoms with E-state index in [0.717, 1.165) is 19.6 Å². The van der Waals surface area contributed by atoms with Crippen LogP contribution >= 0.6 is 0 Å². The topological polar surface area (TPSA) is 35.6 Å². The number of nitrogens with one attached hydrogen (secondary N) is 1. The van der Waals surface area contributed by atoms with Crippen molar-refractivity contribution in [3.63, 3.8) is 0 Å². The molecule has 1 aromatic rings. The lowest BCUT2D eigenvalue weighted by molar-refractivity contribution is -0.135. The summed E-state index contributed by atoms with van der Waals surface area (Å²) in [6.45, 7) is 5.35. The van der Waals surface area contributed by atoms with E-state index in [1.54, 1.807) is 4.90 Å². The molecule has 0 spiro atoms. The lowest BCUT2D eigenvalue weighted by atomic mass is 10.1. The molecule has 2 aliphatic heterocycles. The van der Waals surface area contributed by atoms with Crippen LogP contribution in [0.25, 0.3) is 0 Å². The van der Waals surface area contributed by atoms with Gasteiger partial charge in [0, 0.05) is 39.1 Å². The molecule has 0 aliphatic carbocycles. The van der Waals surface area contributed by atoms with Crippen LogP contribution in [0, 0.1) is 6.92 Å². The van der Waals surface area contributed by atoms with E-state index in [-0.39, 0.29) is 12.3 Å². The molecule has 2 aliphatic rings. The molecule has 0 radical (unpaired) electrons. The van der Waals surface area contributed by atoms with Crippen molar-refractivity contribution in [3.8, 4) is 0 Å². The van der Waals surface area contributed by atoms with Crippen molar-refractivity contribution in [2.75, 3.05) is 32.7 Å². The first-order chi connectivity index (χ1) is 10.9. The lowest BCUT2D eigenvalue weighted by Gasteiger charge is -2.36. The third-order valence-electron chi connectivity index (χ3n) is 4.75. The summed E-state index contributed by atoms with van der Waals surface area (Å²) in [4.78, 5) is 16.3. The first-order valence-electron chi connectivity index (χ1n) is 8.11. The Morgan fingerprint density at radius 3 is 2.57 bits per heavy atom. The van der Waals surface area contributed by atoms with E-state index < -0.39 is 18.5 Å². The van der Waals surface area contributed by atoms with Crippen LogP contribution in [0.15, 0.2) is 24.3 Å². The molecule has 2 heterocycles. The van der Waals surface area contributed by atoms with Gasteiger partial charge in [0.1, 0.15) is 0 Å². The average molecular weight is 323 g/mol. The Bertz CT molecular complexity index is 571. The Labute approximate surface area is 135 Å². The normalized spacial score (nSPS) is 24.8. The lowest BCUT2D eigenvalue weighted by Crippen LogP contribution is -2.52. The van der Waals surface area contributed by atoms with E-state index in [1.807, 2.05) is 12.1 Å². The molecule has 2 fully saturated rings. The van der Waals surface area contributed by atoms with Gasteiger partial charge in [-0.3, -0.25) is 15.0 Å². The van der Waals surface area contributed by atoms with Crippen molar-refractivity contribution in [3.05, 3.63) is 35.4 Å². The number of piperazine rings is 1. The Morgan fingerprint density at radius 2 is 1.96 bits per heavy atom. The van der Waals surface area contributed by atoms with Crippen molar-refractivity contribution in [1.82, 2.24) is 15.1 Å². The van der Waals surface area contributed by atoms with Crippen LogP contribution in [0.5, 0.6) is 0 Å². The molecule has 0 bridgehead atoms. The van der Waals surface area contributed by atoms with E-state index in [0.29, 0.717) is 13.1 Å². The van der Waals surface area contributed by atoms with E-state index in [1.165, 1.54) is 11.1 Å². The number of amides is 1. The van der Waals surface area contributed by atoms with Crippen molar-refractivity contribution >= 4 is 5.91 Å². The number of halogens is 2. The van der Waals surface area contributed by atoms with Crippen LogP contribution in [-0.2, 0) is 11.3 Å². The maximum Gasteiger partial charge on any atom is 0.262 e. The van der Waals surface area contributed by atoms with Gasteiger partial charge in [0.05, 0.1) is 12.6 Å². The van der Waals surface area contributed by atoms with Gasteiger partial charge in [0.2, 0.25) is 5.91 Å². The maximum absolute atomic E-state index is 13.2. The zero-order valence-corrected chi connectivity index (χ0v) is 13.4. The van der Waals surface area contributed by atoms with Crippen LogP contribution in [0.2, 0.25) is 0 Å². The number of rotatable bonds is 3. The highest BCUT2D eigenvalue weighted by atomic mass is 19.3. The molecule has 6 heteroatoms. The molecule has 1 amide bonds. The summed E-state index contributed by atoms with van der Waals surface area (Å²) in [7, 11) is 0. The molecule has 0 aromatic heterocycles. The zero-order chi connectivity index (χ0) is 16.4. The summed E-state index contributed by atoms with van der Waals surface area (Å²) >= 11 is 0. The summed E-state index contributed by atoms with van der Waals surface area (Å²) in [6, 6.07) is 7.56. The number of aryl methyl sites for hydroxylation is 1. The molecule has 1 N–H and O–H groups in total. The summed E-state index contributed by atoms with van der Waals surface area (Å²) in [5.41, 5.74) is 2.56. The fourth-order valence-electron chi connectivity index (χ4n) is 3.27. The minimum absolute atomic E-state index is 0.183. The number of hydrogen-bond donors (Lipinski definition) is 1. The van der Waals surface area contributed by atoms with E-state index in [9.17, 15) is 13.6 Å². The number of carbonyl (C=O) groups excluding carboxylic acids is 1. The quantitative estimate of drug-likeness (QED) is 0.918. The van der Waals surface area contributed by atoms with Crippen LogP contribution in [0.4, 0.5) is 8.78 Å². The minimum atomic E-state index is -2.76. The summed E-state index contributed by atoms with van der Waals surface area (Å²) in [5, 5.41) is 2.65. The smallest absolute Gasteiger partial charge is 0.262 e. The summed E-state index contributed by atoms with van der Waals surface area (Å²) in [5.74, 6) is -2.94. The van der Waals surface area contributed by atoms with E-state index in [4.69, 9.17) is 0 Å². The van der Waals surface area contributed by atoms with Crippen LogP contribution in [0.3, 0.4) is 0 Å². The van der Waals surface area contributed by atoms with Crippen LogP contribution < -0.4 is 5.32 Å². The second-order valence-electron chi connectivity index (χ2n) is 6.52. The van der Waals surface area contributed by atoms with E-state index >= 15 is 0 Å². The molecule has 1 atom stereocenters. The van der Waals surface area contributed by atoms with Gasteiger partial charge in [-0.2, -0.15) is 0 Å². The fourth-order valence-corrected chi connectivity index (χ4v) is 3.27. The molecular weight excluding hydrogens is 300 g/mol. The Balaban J connectivity index is 1.51. The predicted octanol–water partition coefficient (Wildman–Crippen LogP) is 1.64. The summed E-state index contributed by atoms with van der Waals surface area (Å²) in [6.07, 6.45) is -0.380. The molecule has 1 unspecified atom stereocenters. The average Bonchev–Trinajstić information content (AvgIpc) is 2.90. The molecule has 3 rings (SSSR count). The molecule has 23 heavy (non-hydrogen) atoms. The number of nitrogens with zero attached hydrogens (tertiary/aromatic N) is 2. The largest absolute Gasteiger partial charge is 0.339 e. The molecular formula is C17H23F2N3O. The highest BCUT2D eigenvalue weighted by Crippen LogP contribution is 2.26. The van der Waals surface area contributed by atoms with Crippen molar-refractivity contribution in [1.29, 1.82) is 0 Å². The highest BCUT2D eigenvalue weighted by Gasteiger charge is 2.43. The number of carbonyl (C=O) groups is 1. The molecule has 126 valence electrons. The zero-order valence-electron chi connectivity index (χ0n) is 13.4. The first kappa shape index (κ1) is 16.3. The monoisotopic (exact) mass is 323 g/mol. The summed E-state index contributed by atoms with van der Waals surface area (Å²) < 4.78 is 26.4. The molecule has 2 saturated heterocycles. The first-order valence-corrected chi connectivity index (χ1v) is 8.11. The van der Waals surface area contributed by atoms with Gasteiger partial charge in [-0.1, -0.05) is 24.3 Å². The van der Waals surface area contributed by atoms with Gasteiger partial charge in [-0.25, -0.2) is 8.78 Å². The molecule has 0 saturated carbocycles. The number of alkyl halides is 2. The van der Waals surface area contributed by atoms with Gasteiger partial charge >= 0.3 is 0 Å². The van der Waals surface area contributed by atoms with Gasteiger partial charge in [0.25, 0.3) is 5.92 Å². The Kier molecular flexibility index (Phi) is 4.64. The van der Waals surface area contributed by atoms with Gasteiger partial charge in [0.15, 0.2) is 0 Å². The standard InChI is InChI=1S/C17H23F2N3O/c1-13-4-2-3-5-14(13)11-21-6-8-22(9-7-21)16(23)15-10-17(18,19)12-20-15/h2-5,15,20H,6-12H2,1H3. The third-order valence-corrected chi connectivity index (χ3v) is 4.75. The third kappa shape index (κ3) is 3.87. The Morgan fingerprint density at radius 1 is 1.26 bits per heavy atom. The highest BCUT2D eigenvalue weighted by molar-refractivity contribution is 5.82. The van der Waals surface area contributed by atoms with E-state index in [2.05, 4.69) is 29.3 Å². The Hall–Kier alpha value is -1.53. The molecule has 1 aromatic carbocycles. The van der Waals surface area contributed by atoms with Crippen molar-refractivity contribution < 1.29 is 13.6 Å². The predicted molar refractivity (Wildman–Crippen MR) is 84.4 cm³/mol. The number of hydrogen-bond acceptors (Lipinski definition) is 3. The van der Waals surface area contributed by atoms with Gasteiger partial charge in [-0.05, 0) is 18.1 Å². The second-order valence-corrected chi connectivity index (χ2v) is 6.52. The van der Waals surface area contributed by atoms with Crippen LogP contribution in [0.1, 0.15) is 17.5 Å². The second kappa shape index (κ2) is 6.53. The fraction of sp³-hybridized carbons (Fsp3) is 0.588. The number of benzene rings is 1. The van der Waals surface area contributed by atoms with Crippen molar-refractivity contribution in [2.24, 2.45) is 0 Å². The van der Waals surface area contributed by atoms with Gasteiger partial charge in [-0.15, -0.1) is 0 Å². The van der Waals surface area contributed by atoms with Gasteiger partial charge < -0.3 is 4.90 Å². The minimum Gasteiger partial charge on any atom is -0.339 e. The van der Waals surface area contributed by atoms with Crippen molar-refractivity contribution in [2.45, 2.75) is 31.9 Å².